The predicted octanol–water partition coefficient (Wildman–Crippen LogP) is 3.47. The number of aliphatic hydroxyl groups is 1. The van der Waals surface area contributed by atoms with Gasteiger partial charge in [-0.1, -0.05) is 64.7 Å². The molecule has 2 unspecified atom stereocenters. The third-order valence-corrected chi connectivity index (χ3v) is 3.75. The number of aliphatic carboxylic acids is 1. The Hall–Kier alpha value is -1.30. The average molecular weight is 331 g/mol. The van der Waals surface area contributed by atoms with Gasteiger partial charge in [0.1, 0.15) is 0 Å². The minimum absolute atomic E-state index is 0.272. The number of ether oxygens (including phenoxy) is 1. The summed E-state index contributed by atoms with van der Waals surface area (Å²) in [5.74, 6) is -1.28. The van der Waals surface area contributed by atoms with Crippen LogP contribution >= 0.6 is 0 Å². The van der Waals surface area contributed by atoms with E-state index in [0.29, 0.717) is 0 Å². The molecule has 0 saturated carbocycles. The Morgan fingerprint density at radius 2 is 1.43 bits per heavy atom. The van der Waals surface area contributed by atoms with Gasteiger partial charge in [-0.2, -0.15) is 0 Å². The highest BCUT2D eigenvalue weighted by molar-refractivity contribution is 5.80. The van der Waals surface area contributed by atoms with Crippen LogP contribution in [0.25, 0.3) is 0 Å². The normalized spacial score (nSPS) is 13.3. The molecule has 0 radical (unpaired) electrons. The second-order valence-electron chi connectivity index (χ2n) is 6.02. The number of carboxylic acid groups (broad SMARTS) is 1. The smallest absolute Gasteiger partial charge is 0.407 e. The molecule has 0 aliphatic carbocycles. The van der Waals surface area contributed by atoms with Crippen molar-refractivity contribution in [2.75, 3.05) is 6.61 Å². The van der Waals surface area contributed by atoms with Gasteiger partial charge in [0.05, 0.1) is 12.7 Å². The number of rotatable bonds is 14. The number of hydrogen-bond donors (Lipinski definition) is 3. The fourth-order valence-electron chi connectivity index (χ4n) is 2.31. The van der Waals surface area contributed by atoms with Gasteiger partial charge in [-0.25, -0.2) is 9.59 Å². The van der Waals surface area contributed by atoms with Crippen LogP contribution in [0.4, 0.5) is 4.79 Å². The molecule has 6 nitrogen and oxygen atoms in total. The van der Waals surface area contributed by atoms with Gasteiger partial charge in [-0.05, 0) is 13.3 Å². The van der Waals surface area contributed by atoms with E-state index >= 15 is 0 Å². The second-order valence-corrected chi connectivity index (χ2v) is 6.02. The molecular weight excluding hydrogens is 298 g/mol. The van der Waals surface area contributed by atoms with E-state index in [9.17, 15) is 14.7 Å². The molecule has 0 spiro atoms. The van der Waals surface area contributed by atoms with E-state index in [2.05, 4.69) is 12.2 Å². The van der Waals surface area contributed by atoms with E-state index in [4.69, 9.17) is 9.84 Å². The maximum absolute atomic E-state index is 11.4. The van der Waals surface area contributed by atoms with Crippen molar-refractivity contribution < 1.29 is 24.5 Å². The number of alkyl carbamates (subject to hydrolysis) is 1. The van der Waals surface area contributed by atoms with E-state index < -0.39 is 24.2 Å². The summed E-state index contributed by atoms with van der Waals surface area (Å²) in [7, 11) is 0. The lowest BCUT2D eigenvalue weighted by Crippen LogP contribution is -2.47. The molecule has 1 amide bonds. The molecule has 0 aromatic heterocycles. The Bertz CT molecular complexity index is 320. The molecule has 3 N–H and O–H groups in total. The van der Waals surface area contributed by atoms with Crippen molar-refractivity contribution in [3.8, 4) is 0 Å². The van der Waals surface area contributed by atoms with Crippen LogP contribution in [0, 0.1) is 0 Å². The van der Waals surface area contributed by atoms with Crippen molar-refractivity contribution in [2.24, 2.45) is 0 Å². The van der Waals surface area contributed by atoms with Crippen molar-refractivity contribution in [1.29, 1.82) is 0 Å². The first kappa shape index (κ1) is 21.7. The molecule has 0 bridgehead atoms. The minimum Gasteiger partial charge on any atom is -0.480 e. The van der Waals surface area contributed by atoms with Crippen molar-refractivity contribution in [3.05, 3.63) is 0 Å². The zero-order chi connectivity index (χ0) is 17.5. The summed E-state index contributed by atoms with van der Waals surface area (Å²) in [6.07, 6.45) is 9.98. The molecule has 136 valence electrons. The zero-order valence-corrected chi connectivity index (χ0v) is 14.6. The number of carbonyl (C=O) groups excluding carboxylic acids is 1. The molecule has 6 heteroatoms. The number of carbonyl (C=O) groups is 2. The van der Waals surface area contributed by atoms with Crippen LogP contribution in [0.1, 0.15) is 78.1 Å². The highest BCUT2D eigenvalue weighted by atomic mass is 16.5. The first-order valence-corrected chi connectivity index (χ1v) is 8.83. The van der Waals surface area contributed by atoms with Crippen LogP contribution in [-0.4, -0.2) is 41.0 Å². The van der Waals surface area contributed by atoms with Crippen LogP contribution in [-0.2, 0) is 9.53 Å². The summed E-state index contributed by atoms with van der Waals surface area (Å²) in [5, 5.41) is 20.2. The maximum atomic E-state index is 11.4. The third kappa shape index (κ3) is 12.9. The van der Waals surface area contributed by atoms with Gasteiger partial charge in [0, 0.05) is 0 Å². The maximum Gasteiger partial charge on any atom is 0.407 e. The predicted molar refractivity (Wildman–Crippen MR) is 89.4 cm³/mol. The van der Waals surface area contributed by atoms with E-state index in [1.807, 2.05) is 0 Å². The lowest BCUT2D eigenvalue weighted by atomic mass is 10.1. The highest BCUT2D eigenvalue weighted by Crippen LogP contribution is 2.10. The van der Waals surface area contributed by atoms with Gasteiger partial charge in [0.2, 0.25) is 0 Å². The Morgan fingerprint density at radius 1 is 0.957 bits per heavy atom. The number of hydrogen-bond acceptors (Lipinski definition) is 4. The Morgan fingerprint density at radius 3 is 1.87 bits per heavy atom. The average Bonchev–Trinajstić information content (AvgIpc) is 2.49. The van der Waals surface area contributed by atoms with E-state index in [1.54, 1.807) is 0 Å². The molecule has 0 aromatic carbocycles. The molecule has 0 aliphatic heterocycles. The monoisotopic (exact) mass is 331 g/mol. The Balaban J connectivity index is 3.47. The van der Waals surface area contributed by atoms with Crippen LogP contribution in [0.5, 0.6) is 0 Å². The Labute approximate surface area is 139 Å². The van der Waals surface area contributed by atoms with Gasteiger partial charge >= 0.3 is 12.1 Å². The number of unbranched alkanes of at least 4 members (excludes halogenated alkanes) is 9. The molecule has 23 heavy (non-hydrogen) atoms. The van der Waals surface area contributed by atoms with Crippen LogP contribution in [0.3, 0.4) is 0 Å². The zero-order valence-electron chi connectivity index (χ0n) is 14.6. The first-order valence-electron chi connectivity index (χ1n) is 8.83. The standard InChI is InChI=1S/C17H33NO5/c1-3-4-5-6-7-8-9-10-11-12-13-23-17(22)18-15(14(2)19)16(20)21/h14-15,19H,3-13H2,1-2H3,(H,18,22)(H,20,21). The highest BCUT2D eigenvalue weighted by Gasteiger charge is 2.25. The minimum atomic E-state index is -1.34. The molecule has 0 aliphatic rings. The molecular formula is C17H33NO5. The molecule has 0 heterocycles. The van der Waals surface area contributed by atoms with Crippen molar-refractivity contribution in [1.82, 2.24) is 5.32 Å². The fraction of sp³-hybridized carbons (Fsp3) is 0.882. The van der Waals surface area contributed by atoms with Gasteiger partial charge < -0.3 is 20.3 Å². The number of amides is 1. The molecule has 0 aromatic rings. The SMILES string of the molecule is CCCCCCCCCCCCOC(=O)NC(C(=O)O)C(C)O. The summed E-state index contributed by atoms with van der Waals surface area (Å²) in [6, 6.07) is -1.34. The molecule has 2 atom stereocenters. The first-order chi connectivity index (χ1) is 11.0. The van der Waals surface area contributed by atoms with Crippen LogP contribution in [0.15, 0.2) is 0 Å². The molecule has 0 rings (SSSR count). The van der Waals surface area contributed by atoms with Gasteiger partial charge in [0.25, 0.3) is 0 Å². The summed E-state index contributed by atoms with van der Waals surface area (Å²) < 4.78 is 4.92. The van der Waals surface area contributed by atoms with Crippen LogP contribution in [0.2, 0.25) is 0 Å². The van der Waals surface area contributed by atoms with Gasteiger partial charge in [-0.15, -0.1) is 0 Å². The van der Waals surface area contributed by atoms with E-state index in [0.717, 1.165) is 19.3 Å². The van der Waals surface area contributed by atoms with E-state index in [1.165, 1.54) is 51.9 Å². The lowest BCUT2D eigenvalue weighted by molar-refractivity contribution is -0.142. The Kier molecular flexibility index (Phi) is 13.5. The number of nitrogens with one attached hydrogen (secondary N) is 1. The van der Waals surface area contributed by atoms with E-state index in [-0.39, 0.29) is 6.61 Å². The summed E-state index contributed by atoms with van der Waals surface area (Å²) in [6.45, 7) is 3.80. The molecule has 0 saturated heterocycles. The van der Waals surface area contributed by atoms with Gasteiger partial charge in [0.15, 0.2) is 6.04 Å². The largest absolute Gasteiger partial charge is 0.480 e. The van der Waals surface area contributed by atoms with Gasteiger partial charge in [-0.3, -0.25) is 0 Å². The van der Waals surface area contributed by atoms with Crippen LogP contribution < -0.4 is 5.32 Å². The summed E-state index contributed by atoms with van der Waals surface area (Å²) in [5.41, 5.74) is 0. The quantitative estimate of drug-likeness (QED) is 0.424. The fourth-order valence-corrected chi connectivity index (χ4v) is 2.31. The van der Waals surface area contributed by atoms with Crippen molar-refractivity contribution in [3.63, 3.8) is 0 Å². The number of aliphatic hydroxyl groups excluding tert-OH is 1. The molecule has 0 fully saturated rings. The van der Waals surface area contributed by atoms with Crippen molar-refractivity contribution >= 4 is 12.1 Å². The summed E-state index contributed by atoms with van der Waals surface area (Å²) >= 11 is 0. The topological polar surface area (TPSA) is 95.9 Å². The summed E-state index contributed by atoms with van der Waals surface area (Å²) in [4.78, 5) is 22.2. The second kappa shape index (κ2) is 14.3. The lowest BCUT2D eigenvalue weighted by Gasteiger charge is -2.16. The number of carboxylic acids is 1. The van der Waals surface area contributed by atoms with Crippen molar-refractivity contribution in [2.45, 2.75) is 90.2 Å². The third-order valence-electron chi connectivity index (χ3n) is 3.75.